The summed E-state index contributed by atoms with van der Waals surface area (Å²) in [6.07, 6.45) is 3.08. The molecule has 9 N–H and O–H groups in total. The van der Waals surface area contributed by atoms with Gasteiger partial charge in [-0.3, -0.25) is 24.0 Å². The maximum atomic E-state index is 14.4. The average molecular weight is 761 g/mol. The highest BCUT2D eigenvalue weighted by atomic mass is 32.2. The fourth-order valence-electron chi connectivity index (χ4n) is 6.14. The lowest BCUT2D eigenvalue weighted by atomic mass is 9.84. The van der Waals surface area contributed by atoms with Gasteiger partial charge in [-0.15, -0.1) is 11.8 Å². The molecule has 0 bridgehead atoms. The van der Waals surface area contributed by atoms with Gasteiger partial charge in [-0.1, -0.05) is 121 Å². The number of hydrogen-bond acceptors (Lipinski definition) is 8. The number of nitrogens with zero attached hydrogens (tertiary/aromatic N) is 1. The van der Waals surface area contributed by atoms with E-state index in [0.29, 0.717) is 5.69 Å². The van der Waals surface area contributed by atoms with Crippen LogP contribution in [0.3, 0.4) is 0 Å². The Morgan fingerprint density at radius 3 is 1.62 bits per heavy atom. The first kappa shape index (κ1) is 39.9. The number of amides is 5. The number of aromatic nitrogens is 2. The lowest BCUT2D eigenvalue weighted by molar-refractivity contribution is -0.133. The Hall–Kier alpha value is -6.25. The van der Waals surface area contributed by atoms with Crippen molar-refractivity contribution in [3.63, 3.8) is 0 Å². The smallest absolute Gasteiger partial charge is 0.243 e. The van der Waals surface area contributed by atoms with Gasteiger partial charge in [0.25, 0.3) is 0 Å². The SMILES string of the molecule is NCC(=O)N[C@@H](Cc1cnc[nH]1)C(=O)N[C@@H](Cc1ccccc1)C(=O)N[C@@H](CSC(c1ccccc1)(c1ccccc1)c1ccccc1)C(=O)NCC(N)=O. The summed E-state index contributed by atoms with van der Waals surface area (Å²) in [5.74, 6) is -3.23. The number of carbonyl (C=O) groups is 5. The number of hydrogen-bond donors (Lipinski definition) is 7. The Labute approximate surface area is 323 Å². The van der Waals surface area contributed by atoms with E-state index in [1.807, 2.05) is 121 Å². The number of carbonyl (C=O) groups excluding carboxylic acids is 5. The Morgan fingerprint density at radius 1 is 0.655 bits per heavy atom. The van der Waals surface area contributed by atoms with Crippen molar-refractivity contribution in [2.24, 2.45) is 11.5 Å². The Bertz CT molecular complexity index is 1910. The molecular weight excluding hydrogens is 717 g/mol. The van der Waals surface area contributed by atoms with E-state index in [1.54, 1.807) is 0 Å². The molecule has 0 saturated heterocycles. The molecule has 0 radical (unpaired) electrons. The highest BCUT2D eigenvalue weighted by Crippen LogP contribution is 2.48. The molecule has 4 aromatic carbocycles. The van der Waals surface area contributed by atoms with E-state index in [0.717, 1.165) is 22.3 Å². The van der Waals surface area contributed by atoms with Gasteiger partial charge in [0.15, 0.2) is 0 Å². The number of H-pyrrole nitrogens is 1. The Kier molecular flexibility index (Phi) is 14.3. The second-order valence-corrected chi connectivity index (χ2v) is 13.9. The Balaban J connectivity index is 1.49. The maximum absolute atomic E-state index is 14.4. The van der Waals surface area contributed by atoms with Crippen LogP contribution < -0.4 is 32.7 Å². The van der Waals surface area contributed by atoms with Crippen LogP contribution in [-0.2, 0) is 41.6 Å². The number of aromatic amines is 1. The lowest BCUT2D eigenvalue weighted by Gasteiger charge is -2.36. The first-order valence-corrected chi connectivity index (χ1v) is 18.7. The van der Waals surface area contributed by atoms with Crippen molar-refractivity contribution in [3.05, 3.63) is 162 Å². The topological polar surface area (TPSA) is 214 Å². The van der Waals surface area contributed by atoms with Crippen molar-refractivity contribution < 1.29 is 24.0 Å². The van der Waals surface area contributed by atoms with Crippen molar-refractivity contribution in [3.8, 4) is 0 Å². The van der Waals surface area contributed by atoms with Gasteiger partial charge in [-0.05, 0) is 22.3 Å². The molecule has 14 heteroatoms. The number of thioether (sulfide) groups is 1. The molecule has 3 atom stereocenters. The molecule has 1 heterocycles. The third-order valence-corrected chi connectivity index (χ3v) is 10.4. The maximum Gasteiger partial charge on any atom is 0.243 e. The van der Waals surface area contributed by atoms with E-state index >= 15 is 0 Å². The molecule has 5 aromatic rings. The highest BCUT2D eigenvalue weighted by Gasteiger charge is 2.39. The minimum absolute atomic E-state index is 0.0377. The van der Waals surface area contributed by atoms with Gasteiger partial charge in [0.2, 0.25) is 29.5 Å². The Morgan fingerprint density at radius 2 is 1.15 bits per heavy atom. The minimum Gasteiger partial charge on any atom is -0.368 e. The molecule has 0 fully saturated rings. The second kappa shape index (κ2) is 19.7. The summed E-state index contributed by atoms with van der Waals surface area (Å²) in [5, 5.41) is 10.8. The van der Waals surface area contributed by atoms with Crippen LogP contribution in [0.25, 0.3) is 0 Å². The number of rotatable bonds is 19. The monoisotopic (exact) mass is 760 g/mol. The van der Waals surface area contributed by atoms with Gasteiger partial charge in [0, 0.05) is 30.5 Å². The molecule has 0 unspecified atom stereocenters. The van der Waals surface area contributed by atoms with Crippen LogP contribution in [0.5, 0.6) is 0 Å². The molecule has 5 rings (SSSR count). The van der Waals surface area contributed by atoms with Crippen LogP contribution in [0.15, 0.2) is 134 Å². The zero-order valence-electron chi connectivity index (χ0n) is 30.0. The molecule has 0 spiro atoms. The number of benzene rings is 4. The fraction of sp³-hybridized carbons (Fsp3) is 0.220. The van der Waals surface area contributed by atoms with E-state index < -0.39 is 59.0 Å². The second-order valence-electron chi connectivity index (χ2n) is 12.7. The van der Waals surface area contributed by atoms with Gasteiger partial charge in [-0.25, -0.2) is 4.98 Å². The van der Waals surface area contributed by atoms with Crippen LogP contribution in [0.2, 0.25) is 0 Å². The summed E-state index contributed by atoms with van der Waals surface area (Å²) in [6.45, 7) is -0.797. The highest BCUT2D eigenvalue weighted by molar-refractivity contribution is 8.00. The van der Waals surface area contributed by atoms with E-state index in [-0.39, 0.29) is 25.1 Å². The van der Waals surface area contributed by atoms with Crippen molar-refractivity contribution >= 4 is 41.3 Å². The number of imidazole rings is 1. The number of nitrogens with one attached hydrogen (secondary N) is 5. The fourth-order valence-corrected chi connectivity index (χ4v) is 7.70. The van der Waals surface area contributed by atoms with Crippen LogP contribution in [0, 0.1) is 0 Å². The normalized spacial score (nSPS) is 12.7. The summed E-state index contributed by atoms with van der Waals surface area (Å²) in [4.78, 5) is 73.1. The number of primary amides is 1. The first-order valence-electron chi connectivity index (χ1n) is 17.7. The summed E-state index contributed by atoms with van der Waals surface area (Å²) in [7, 11) is 0. The molecule has 0 aliphatic rings. The molecular formula is C41H44N8O5S. The predicted octanol–water partition coefficient (Wildman–Crippen LogP) is 1.93. The zero-order valence-corrected chi connectivity index (χ0v) is 30.8. The molecule has 55 heavy (non-hydrogen) atoms. The van der Waals surface area contributed by atoms with E-state index in [1.165, 1.54) is 24.3 Å². The van der Waals surface area contributed by atoms with Gasteiger partial charge >= 0.3 is 0 Å². The van der Waals surface area contributed by atoms with Gasteiger partial charge in [0.05, 0.1) is 24.2 Å². The minimum atomic E-state index is -1.19. The summed E-state index contributed by atoms with van der Waals surface area (Å²) >= 11 is 1.44. The zero-order chi connectivity index (χ0) is 39.0. The summed E-state index contributed by atoms with van der Waals surface area (Å²) < 4.78 is -0.838. The lowest BCUT2D eigenvalue weighted by Crippen LogP contribution is -2.58. The summed E-state index contributed by atoms with van der Waals surface area (Å²) in [5.41, 5.74) is 15.1. The van der Waals surface area contributed by atoms with E-state index in [9.17, 15) is 24.0 Å². The first-order chi connectivity index (χ1) is 26.7. The van der Waals surface area contributed by atoms with Crippen molar-refractivity contribution in [2.45, 2.75) is 35.7 Å². The summed E-state index contributed by atoms with van der Waals surface area (Å²) in [6, 6.07) is 35.1. The van der Waals surface area contributed by atoms with Crippen LogP contribution in [0.1, 0.15) is 27.9 Å². The van der Waals surface area contributed by atoms with Crippen LogP contribution >= 0.6 is 11.8 Å². The third-order valence-electron chi connectivity index (χ3n) is 8.81. The molecule has 5 amide bonds. The van der Waals surface area contributed by atoms with Gasteiger partial charge < -0.3 is 37.7 Å². The predicted molar refractivity (Wildman–Crippen MR) is 211 cm³/mol. The molecule has 0 saturated carbocycles. The van der Waals surface area contributed by atoms with E-state index in [4.69, 9.17) is 11.5 Å². The number of nitrogens with two attached hydrogens (primary N) is 2. The molecule has 284 valence electrons. The van der Waals surface area contributed by atoms with Gasteiger partial charge in [0.1, 0.15) is 18.1 Å². The molecule has 13 nitrogen and oxygen atoms in total. The van der Waals surface area contributed by atoms with Crippen molar-refractivity contribution in [2.75, 3.05) is 18.8 Å². The van der Waals surface area contributed by atoms with Crippen molar-refractivity contribution in [1.82, 2.24) is 31.2 Å². The van der Waals surface area contributed by atoms with E-state index in [2.05, 4.69) is 31.2 Å². The average Bonchev–Trinajstić information content (AvgIpc) is 3.74. The van der Waals surface area contributed by atoms with Gasteiger partial charge in [-0.2, -0.15) is 0 Å². The van der Waals surface area contributed by atoms with Crippen LogP contribution in [-0.4, -0.2) is 76.5 Å². The largest absolute Gasteiger partial charge is 0.368 e. The van der Waals surface area contributed by atoms with Crippen LogP contribution in [0.4, 0.5) is 0 Å². The third kappa shape index (κ3) is 10.9. The molecule has 0 aliphatic heterocycles. The quantitative estimate of drug-likeness (QED) is 0.0617. The van der Waals surface area contributed by atoms with Crippen molar-refractivity contribution in [1.29, 1.82) is 0 Å². The molecule has 0 aliphatic carbocycles. The standard InChI is InChI=1S/C41H44N8O5S/c42-23-37(51)47-34(22-32-24-44-27-46-32)40(54)48-33(21-28-13-5-1-6-14-28)39(53)49-35(38(52)45-25-36(43)50)26-55-41(29-15-7-2-8-16-29,30-17-9-3-10-18-30)31-19-11-4-12-20-31/h1-20,24,27,33-35H,21-23,25-26,42H2,(H2,43,50)(H,44,46)(H,45,52)(H,47,51)(H,48,54)(H,49,53)/t33-,34-,35-/m0/s1. The molecule has 1 aromatic heterocycles.